The maximum atomic E-state index is 10.9. The summed E-state index contributed by atoms with van der Waals surface area (Å²) in [4.78, 5) is 38.4. The molecule has 10 N–H and O–H groups in total. The van der Waals surface area contributed by atoms with E-state index in [1.807, 2.05) is 0 Å². The van der Waals surface area contributed by atoms with Gasteiger partial charge in [0.1, 0.15) is 12.1 Å². The maximum Gasteiger partial charge on any atom is 0.326 e. The standard InChI is InChI=1S/C8H12N4O3.C6H14N2O2.Cu/c9-2-7(13)12-6(8(14)15)1-5-3-10-4-11-5;7-4-2-1-3-5(8)6(9)10;/h3-4,6H,1-2,9H2,(H,10,11)(H,12,13)(H,14,15);5H,1-4,7-8H2,(H,9,10);/t6-;5-;/m00./s1. The van der Waals surface area contributed by atoms with Crippen LogP contribution in [0.2, 0.25) is 0 Å². The number of imidazole rings is 1. The van der Waals surface area contributed by atoms with Crippen LogP contribution in [0.15, 0.2) is 12.5 Å². The molecule has 1 amide bonds. The van der Waals surface area contributed by atoms with E-state index in [1.165, 1.54) is 12.5 Å². The van der Waals surface area contributed by atoms with Crippen molar-refractivity contribution >= 4 is 17.8 Å². The van der Waals surface area contributed by atoms with Crippen molar-refractivity contribution in [3.8, 4) is 0 Å². The minimum atomic E-state index is -1.11. The summed E-state index contributed by atoms with van der Waals surface area (Å²) >= 11 is 0. The Hall–Kier alpha value is -1.98. The molecule has 0 unspecified atom stereocenters. The SMILES string of the molecule is NCC(=O)N[C@@H](Cc1cnc[nH]1)C(=O)O.NCCCC[C@H](N)C(=O)O.[Cu]. The number of carbonyl (C=O) groups excluding carboxylic acids is 1. The van der Waals surface area contributed by atoms with Gasteiger partial charge >= 0.3 is 11.9 Å². The zero-order valence-electron chi connectivity index (χ0n) is 14.2. The zero-order chi connectivity index (χ0) is 19.2. The fourth-order valence-electron chi connectivity index (χ4n) is 1.70. The molecule has 1 aromatic heterocycles. The molecule has 0 aliphatic carbocycles. The van der Waals surface area contributed by atoms with Crippen LogP contribution in [0.4, 0.5) is 0 Å². The number of H-pyrrole nitrogens is 1. The Morgan fingerprint density at radius 3 is 2.27 bits per heavy atom. The number of nitrogens with one attached hydrogen (secondary N) is 2. The summed E-state index contributed by atoms with van der Waals surface area (Å²) in [6.45, 7) is 0.374. The molecule has 0 fully saturated rings. The normalized spacial score (nSPS) is 12.0. The third-order valence-electron chi connectivity index (χ3n) is 3.08. The Balaban J connectivity index is 0. The van der Waals surface area contributed by atoms with Crippen LogP contribution in [-0.4, -0.2) is 63.2 Å². The predicted octanol–water partition coefficient (Wildman–Crippen LogP) is -1.99. The molecule has 2 atom stereocenters. The molecule has 153 valence electrons. The van der Waals surface area contributed by atoms with E-state index in [-0.39, 0.29) is 30.0 Å². The maximum absolute atomic E-state index is 10.9. The molecule has 0 bridgehead atoms. The first-order valence-electron chi connectivity index (χ1n) is 7.69. The van der Waals surface area contributed by atoms with Gasteiger partial charge in [0, 0.05) is 35.4 Å². The van der Waals surface area contributed by atoms with Crippen LogP contribution in [0, 0.1) is 0 Å². The molecule has 12 heteroatoms. The summed E-state index contributed by atoms with van der Waals surface area (Å²) in [5.41, 5.74) is 16.1. The topological polar surface area (TPSA) is 210 Å². The minimum Gasteiger partial charge on any atom is -0.480 e. The van der Waals surface area contributed by atoms with Crippen LogP contribution < -0.4 is 22.5 Å². The van der Waals surface area contributed by atoms with Crippen molar-refractivity contribution in [2.45, 2.75) is 37.8 Å². The number of aromatic nitrogens is 2. The molecule has 0 aromatic carbocycles. The molecule has 11 nitrogen and oxygen atoms in total. The predicted molar refractivity (Wildman–Crippen MR) is 89.4 cm³/mol. The summed E-state index contributed by atoms with van der Waals surface area (Å²) in [5.74, 6) is -2.54. The van der Waals surface area contributed by atoms with Gasteiger partial charge in [-0.25, -0.2) is 9.78 Å². The monoisotopic (exact) mass is 421 g/mol. The smallest absolute Gasteiger partial charge is 0.326 e. The number of unbranched alkanes of at least 4 members (excludes halogenated alkanes) is 1. The van der Waals surface area contributed by atoms with Crippen molar-refractivity contribution in [1.82, 2.24) is 15.3 Å². The largest absolute Gasteiger partial charge is 0.480 e. The number of hydrogen-bond acceptors (Lipinski definition) is 7. The number of rotatable bonds is 10. The Morgan fingerprint density at radius 2 is 1.85 bits per heavy atom. The van der Waals surface area contributed by atoms with Crippen molar-refractivity contribution in [1.29, 1.82) is 0 Å². The molecule has 26 heavy (non-hydrogen) atoms. The Morgan fingerprint density at radius 1 is 1.19 bits per heavy atom. The summed E-state index contributed by atoms with van der Waals surface area (Å²) < 4.78 is 0. The minimum absolute atomic E-state index is 0. The van der Waals surface area contributed by atoms with E-state index in [1.54, 1.807) is 0 Å². The second-order valence-corrected chi connectivity index (χ2v) is 5.17. The van der Waals surface area contributed by atoms with Crippen LogP contribution in [0.5, 0.6) is 0 Å². The number of aromatic amines is 1. The number of amides is 1. The second kappa shape index (κ2) is 15.3. The van der Waals surface area contributed by atoms with E-state index in [2.05, 4.69) is 15.3 Å². The molecule has 0 spiro atoms. The first-order valence-corrected chi connectivity index (χ1v) is 7.69. The second-order valence-electron chi connectivity index (χ2n) is 5.17. The van der Waals surface area contributed by atoms with Crippen LogP contribution >= 0.6 is 0 Å². The summed E-state index contributed by atoms with van der Waals surface area (Å²) in [6.07, 6.45) is 5.27. The molecule has 1 rings (SSSR count). The van der Waals surface area contributed by atoms with Gasteiger partial charge < -0.3 is 37.7 Å². The van der Waals surface area contributed by atoms with Crippen LogP contribution in [0.25, 0.3) is 0 Å². The van der Waals surface area contributed by atoms with Crippen molar-refractivity contribution in [3.63, 3.8) is 0 Å². The molecule has 0 saturated carbocycles. The van der Waals surface area contributed by atoms with Crippen molar-refractivity contribution in [2.75, 3.05) is 13.1 Å². The van der Waals surface area contributed by atoms with Crippen LogP contribution in [0.1, 0.15) is 25.0 Å². The first kappa shape index (κ1) is 26.3. The molecule has 1 aromatic rings. The molecular formula is C14H26CuN6O5. The Bertz CT molecular complexity index is 528. The quantitative estimate of drug-likeness (QED) is 0.164. The van der Waals surface area contributed by atoms with Crippen LogP contribution in [-0.2, 0) is 37.9 Å². The number of aliphatic carboxylic acids is 2. The average molecular weight is 422 g/mol. The average Bonchev–Trinajstić information content (AvgIpc) is 3.07. The fraction of sp³-hybridized carbons (Fsp3) is 0.571. The molecule has 0 saturated heterocycles. The molecule has 1 radical (unpaired) electrons. The van der Waals surface area contributed by atoms with E-state index >= 15 is 0 Å². The molecule has 1 heterocycles. The number of nitrogens with two attached hydrogens (primary N) is 3. The van der Waals surface area contributed by atoms with Gasteiger partial charge in [-0.05, 0) is 19.4 Å². The van der Waals surface area contributed by atoms with Gasteiger partial charge in [0.2, 0.25) is 5.91 Å². The van der Waals surface area contributed by atoms with Gasteiger partial charge in [0.15, 0.2) is 0 Å². The summed E-state index contributed by atoms with van der Waals surface area (Å²) in [5, 5.41) is 19.4. The van der Waals surface area contributed by atoms with E-state index in [4.69, 9.17) is 27.4 Å². The van der Waals surface area contributed by atoms with Crippen molar-refractivity contribution in [2.24, 2.45) is 17.2 Å². The Kier molecular flexibility index (Phi) is 15.4. The fourth-order valence-corrected chi connectivity index (χ4v) is 1.70. The van der Waals surface area contributed by atoms with Gasteiger partial charge in [-0.2, -0.15) is 0 Å². The van der Waals surface area contributed by atoms with Crippen molar-refractivity contribution < 1.29 is 41.7 Å². The summed E-state index contributed by atoms with van der Waals surface area (Å²) in [6, 6.07) is -1.70. The zero-order valence-corrected chi connectivity index (χ0v) is 15.1. The van der Waals surface area contributed by atoms with Gasteiger partial charge in [-0.15, -0.1) is 0 Å². The number of carboxylic acid groups (broad SMARTS) is 2. The number of carbonyl (C=O) groups is 3. The third-order valence-corrected chi connectivity index (χ3v) is 3.08. The molecule has 0 aliphatic heterocycles. The molecular weight excluding hydrogens is 396 g/mol. The number of nitrogens with zero attached hydrogens (tertiary/aromatic N) is 1. The third kappa shape index (κ3) is 12.4. The molecule has 0 aliphatic rings. The van der Waals surface area contributed by atoms with Gasteiger partial charge in [-0.3, -0.25) is 9.59 Å². The van der Waals surface area contributed by atoms with Crippen LogP contribution in [0.3, 0.4) is 0 Å². The van der Waals surface area contributed by atoms with Crippen molar-refractivity contribution in [3.05, 3.63) is 18.2 Å². The van der Waals surface area contributed by atoms with E-state index in [9.17, 15) is 14.4 Å². The van der Waals surface area contributed by atoms with E-state index in [0.717, 1.165) is 12.8 Å². The number of carboxylic acids is 2. The van der Waals surface area contributed by atoms with Gasteiger partial charge in [0.05, 0.1) is 12.9 Å². The van der Waals surface area contributed by atoms with Gasteiger partial charge in [-0.1, -0.05) is 6.42 Å². The van der Waals surface area contributed by atoms with E-state index in [0.29, 0.717) is 18.7 Å². The number of hydrogen-bond donors (Lipinski definition) is 7. The Labute approximate surface area is 161 Å². The first-order chi connectivity index (χ1) is 11.8. The van der Waals surface area contributed by atoms with Gasteiger partial charge in [0.25, 0.3) is 0 Å². The van der Waals surface area contributed by atoms with E-state index < -0.39 is 29.9 Å². The summed E-state index contributed by atoms with van der Waals surface area (Å²) in [7, 11) is 0.